The number of carbonyl (C=O) groups is 1. The monoisotopic (exact) mass is 280 g/mol. The molecule has 0 aromatic carbocycles. The van der Waals surface area contributed by atoms with Crippen molar-refractivity contribution in [2.75, 3.05) is 6.61 Å². The van der Waals surface area contributed by atoms with E-state index in [1.807, 2.05) is 0 Å². The number of cyclic esters (lactones) is 1. The highest BCUT2D eigenvalue weighted by Gasteiger charge is 2.39. The highest BCUT2D eigenvalue weighted by Crippen LogP contribution is 2.39. The standard InChI is InChI=1S/C15H24O3Si/c1-15(2,3)19(4,5)18-13-7-6-11-10-17-14(16)9-12(11)8-13/h6,9,13H,7-8,10H2,1-5H3/t13-/m0/s1. The summed E-state index contributed by atoms with van der Waals surface area (Å²) >= 11 is 0. The Bertz CT molecular complexity index is 441. The Hall–Kier alpha value is -0.873. The van der Waals surface area contributed by atoms with E-state index in [1.165, 1.54) is 0 Å². The largest absolute Gasteiger partial charge is 0.458 e. The van der Waals surface area contributed by atoms with Crippen LogP contribution in [0.3, 0.4) is 0 Å². The minimum Gasteiger partial charge on any atom is -0.458 e. The first-order chi connectivity index (χ1) is 8.69. The zero-order chi connectivity index (χ0) is 14.3. The van der Waals surface area contributed by atoms with E-state index >= 15 is 0 Å². The number of rotatable bonds is 2. The van der Waals surface area contributed by atoms with Gasteiger partial charge in [-0.05, 0) is 42.1 Å². The molecule has 2 rings (SSSR count). The van der Waals surface area contributed by atoms with Crippen molar-refractivity contribution in [2.24, 2.45) is 0 Å². The van der Waals surface area contributed by atoms with Gasteiger partial charge in [0.2, 0.25) is 0 Å². The smallest absolute Gasteiger partial charge is 0.331 e. The summed E-state index contributed by atoms with van der Waals surface area (Å²) in [6, 6.07) is 0. The van der Waals surface area contributed by atoms with Gasteiger partial charge in [-0.25, -0.2) is 4.79 Å². The van der Waals surface area contributed by atoms with Crippen LogP contribution in [-0.2, 0) is 14.0 Å². The molecule has 1 aliphatic carbocycles. The van der Waals surface area contributed by atoms with Gasteiger partial charge < -0.3 is 9.16 Å². The molecule has 0 spiro atoms. The number of hydrogen-bond acceptors (Lipinski definition) is 3. The molecule has 0 bridgehead atoms. The number of hydrogen-bond donors (Lipinski definition) is 0. The minimum absolute atomic E-state index is 0.210. The maximum Gasteiger partial charge on any atom is 0.331 e. The summed E-state index contributed by atoms with van der Waals surface area (Å²) in [5.74, 6) is -0.222. The van der Waals surface area contributed by atoms with Crippen LogP contribution < -0.4 is 0 Å². The van der Waals surface area contributed by atoms with E-state index in [0.29, 0.717) is 6.61 Å². The zero-order valence-corrected chi connectivity index (χ0v) is 13.6. The van der Waals surface area contributed by atoms with E-state index in [9.17, 15) is 4.79 Å². The third-order valence-corrected chi connectivity index (χ3v) is 8.95. The summed E-state index contributed by atoms with van der Waals surface area (Å²) in [6.07, 6.45) is 5.77. The summed E-state index contributed by atoms with van der Waals surface area (Å²) in [7, 11) is -1.74. The Labute approximate surface area is 116 Å². The molecular weight excluding hydrogens is 256 g/mol. The lowest BCUT2D eigenvalue weighted by Crippen LogP contribution is -2.44. The van der Waals surface area contributed by atoms with Crippen LogP contribution in [0.1, 0.15) is 33.6 Å². The third-order valence-electron chi connectivity index (χ3n) is 4.42. The predicted octanol–water partition coefficient (Wildman–Crippen LogP) is 3.58. The first kappa shape index (κ1) is 14.5. The molecule has 0 unspecified atom stereocenters. The average Bonchev–Trinajstić information content (AvgIpc) is 2.26. The molecule has 0 radical (unpaired) electrons. The predicted molar refractivity (Wildman–Crippen MR) is 78.4 cm³/mol. The van der Waals surface area contributed by atoms with Gasteiger partial charge in [0.05, 0.1) is 6.10 Å². The van der Waals surface area contributed by atoms with Gasteiger partial charge >= 0.3 is 5.97 Å². The van der Waals surface area contributed by atoms with Crippen molar-refractivity contribution < 1.29 is 14.0 Å². The van der Waals surface area contributed by atoms with Crippen LogP contribution in [0.25, 0.3) is 0 Å². The van der Waals surface area contributed by atoms with Crippen LogP contribution in [0, 0.1) is 0 Å². The Balaban J connectivity index is 2.09. The Morgan fingerprint density at radius 1 is 1.32 bits per heavy atom. The molecule has 1 aliphatic heterocycles. The minimum atomic E-state index is -1.74. The molecule has 0 fully saturated rings. The molecule has 0 saturated carbocycles. The van der Waals surface area contributed by atoms with Crippen molar-refractivity contribution in [3.63, 3.8) is 0 Å². The molecule has 4 heteroatoms. The fourth-order valence-electron chi connectivity index (χ4n) is 2.18. The fraction of sp³-hybridized carbons (Fsp3) is 0.667. The van der Waals surface area contributed by atoms with Gasteiger partial charge in [-0.3, -0.25) is 0 Å². The SMILES string of the molecule is CC(C)(C)[Si](C)(C)O[C@H]1CC=C2COC(=O)C=C2C1. The molecule has 0 aromatic rings. The van der Waals surface area contributed by atoms with Gasteiger partial charge in [0.1, 0.15) is 6.61 Å². The normalized spacial score (nSPS) is 24.3. The summed E-state index contributed by atoms with van der Waals surface area (Å²) < 4.78 is 11.5. The van der Waals surface area contributed by atoms with Crippen LogP contribution >= 0.6 is 0 Å². The van der Waals surface area contributed by atoms with Gasteiger partial charge in [-0.1, -0.05) is 26.8 Å². The average molecular weight is 280 g/mol. The van der Waals surface area contributed by atoms with Crippen molar-refractivity contribution in [1.82, 2.24) is 0 Å². The molecule has 1 atom stereocenters. The van der Waals surface area contributed by atoms with Crippen LogP contribution in [-0.4, -0.2) is 27.0 Å². The van der Waals surface area contributed by atoms with Gasteiger partial charge in [0.15, 0.2) is 8.32 Å². The second-order valence-corrected chi connectivity index (χ2v) is 11.7. The number of fused-ring (bicyclic) bond motifs is 1. The molecule has 0 aromatic heterocycles. The maximum absolute atomic E-state index is 11.3. The van der Waals surface area contributed by atoms with Crippen LogP contribution in [0.5, 0.6) is 0 Å². The lowest BCUT2D eigenvalue weighted by Gasteiger charge is -2.40. The second-order valence-electron chi connectivity index (χ2n) is 6.95. The Kier molecular flexibility index (Phi) is 3.75. The van der Waals surface area contributed by atoms with Crippen molar-refractivity contribution in [2.45, 2.75) is 57.8 Å². The van der Waals surface area contributed by atoms with Gasteiger partial charge in [0, 0.05) is 6.08 Å². The molecule has 1 heterocycles. The van der Waals surface area contributed by atoms with Gasteiger partial charge in [-0.15, -0.1) is 0 Å². The first-order valence-corrected chi connectivity index (χ1v) is 9.84. The molecule has 19 heavy (non-hydrogen) atoms. The van der Waals surface area contributed by atoms with Crippen molar-refractivity contribution in [3.8, 4) is 0 Å². The third kappa shape index (κ3) is 3.18. The fourth-order valence-corrected chi connectivity index (χ4v) is 3.55. The van der Waals surface area contributed by atoms with Gasteiger partial charge in [0.25, 0.3) is 0 Å². The number of ether oxygens (including phenoxy) is 1. The summed E-state index contributed by atoms with van der Waals surface area (Å²) in [5, 5.41) is 0.219. The number of esters is 1. The topological polar surface area (TPSA) is 35.5 Å². The molecule has 0 N–H and O–H groups in total. The summed E-state index contributed by atoms with van der Waals surface area (Å²) in [4.78, 5) is 11.3. The van der Waals surface area contributed by atoms with Crippen molar-refractivity contribution in [1.29, 1.82) is 0 Å². The summed E-state index contributed by atoms with van der Waals surface area (Å²) in [6.45, 7) is 11.7. The first-order valence-electron chi connectivity index (χ1n) is 6.93. The summed E-state index contributed by atoms with van der Waals surface area (Å²) in [5.41, 5.74) is 2.26. The number of carbonyl (C=O) groups excluding carboxylic acids is 1. The maximum atomic E-state index is 11.3. The molecule has 3 nitrogen and oxygen atoms in total. The lowest BCUT2D eigenvalue weighted by molar-refractivity contribution is -0.137. The molecule has 106 valence electrons. The van der Waals surface area contributed by atoms with E-state index in [4.69, 9.17) is 9.16 Å². The Morgan fingerprint density at radius 2 is 2.00 bits per heavy atom. The van der Waals surface area contributed by atoms with Crippen molar-refractivity contribution >= 4 is 14.3 Å². The molecule has 0 amide bonds. The molecule has 0 saturated heterocycles. The van der Waals surface area contributed by atoms with Crippen LogP contribution in [0.2, 0.25) is 18.1 Å². The van der Waals surface area contributed by atoms with Gasteiger partial charge in [-0.2, -0.15) is 0 Å². The van der Waals surface area contributed by atoms with E-state index in [-0.39, 0.29) is 17.1 Å². The van der Waals surface area contributed by atoms with E-state index in [1.54, 1.807) is 6.08 Å². The van der Waals surface area contributed by atoms with Crippen molar-refractivity contribution in [3.05, 3.63) is 23.3 Å². The lowest BCUT2D eigenvalue weighted by atomic mass is 9.91. The Morgan fingerprint density at radius 3 is 2.63 bits per heavy atom. The second kappa shape index (κ2) is 4.91. The molecule has 2 aliphatic rings. The van der Waals surface area contributed by atoms with Crippen LogP contribution in [0.15, 0.2) is 23.3 Å². The highest BCUT2D eigenvalue weighted by atomic mass is 28.4. The zero-order valence-electron chi connectivity index (χ0n) is 12.6. The van der Waals surface area contributed by atoms with E-state index in [0.717, 1.165) is 24.0 Å². The van der Waals surface area contributed by atoms with Crippen LogP contribution in [0.4, 0.5) is 0 Å². The van der Waals surface area contributed by atoms with E-state index < -0.39 is 8.32 Å². The molecular formula is C15H24O3Si. The van der Waals surface area contributed by atoms with E-state index in [2.05, 4.69) is 39.9 Å². The highest BCUT2D eigenvalue weighted by molar-refractivity contribution is 6.74. The quantitative estimate of drug-likeness (QED) is 0.573.